The zero-order chi connectivity index (χ0) is 24.5. The third-order valence-electron chi connectivity index (χ3n) is 8.32. The van der Waals surface area contributed by atoms with Crippen molar-refractivity contribution in [2.45, 2.75) is 195 Å². The lowest BCUT2D eigenvalue weighted by Crippen LogP contribution is -2.21. The van der Waals surface area contributed by atoms with E-state index in [9.17, 15) is 0 Å². The van der Waals surface area contributed by atoms with E-state index < -0.39 is 0 Å². The minimum absolute atomic E-state index is 0.541. The van der Waals surface area contributed by atoms with Crippen LogP contribution < -0.4 is 0 Å². The lowest BCUT2D eigenvalue weighted by atomic mass is 9.74. The number of hydrogen-bond acceptors (Lipinski definition) is 0. The van der Waals surface area contributed by atoms with Crippen LogP contribution in [0.2, 0.25) is 0 Å². The summed E-state index contributed by atoms with van der Waals surface area (Å²) < 4.78 is 0. The maximum Gasteiger partial charge on any atom is -0.0329 e. The second-order valence-electron chi connectivity index (χ2n) is 12.0. The molecule has 199 valence electrons. The molecule has 0 N–H and O–H groups in total. The zero-order valence-corrected chi connectivity index (χ0v) is 24.3. The Morgan fingerprint density at radius 2 is 0.848 bits per heavy atom. The summed E-state index contributed by atoms with van der Waals surface area (Å²) in [4.78, 5) is 0. The normalized spacial score (nSPS) is 13.0. The zero-order valence-electron chi connectivity index (χ0n) is 24.3. The summed E-state index contributed by atoms with van der Waals surface area (Å²) in [6, 6.07) is 0. The predicted octanol–water partition coefficient (Wildman–Crippen LogP) is 12.6. The Balaban J connectivity index is 3.21. The van der Waals surface area contributed by atoms with Gasteiger partial charge in [0.05, 0.1) is 0 Å². The fraction of sp³-hybridized carbons (Fsp3) is 0.970. The maximum absolute atomic E-state index is 2.58. The quantitative estimate of drug-likeness (QED) is 0.106. The molecule has 1 radical (unpaired) electrons. The van der Waals surface area contributed by atoms with E-state index >= 15 is 0 Å². The Bertz CT molecular complexity index is 355. The summed E-state index contributed by atoms with van der Waals surface area (Å²) in [6.45, 7) is 12.1. The van der Waals surface area contributed by atoms with Crippen LogP contribution in [0, 0.1) is 17.8 Å². The Kier molecular flexibility index (Phi) is 25.1. The van der Waals surface area contributed by atoms with Gasteiger partial charge in [0.1, 0.15) is 0 Å². The monoisotopic (exact) mass is 464 g/mol. The topological polar surface area (TPSA) is 0 Å². The smallest absolute Gasteiger partial charge is 0.0329 e. The van der Waals surface area contributed by atoms with Crippen molar-refractivity contribution in [3.8, 4) is 0 Å². The van der Waals surface area contributed by atoms with Crippen molar-refractivity contribution in [1.82, 2.24) is 0 Å². The molecule has 0 aliphatic heterocycles. The largest absolute Gasteiger partial charge is 0.0654 e. The Hall–Kier alpha value is 0. The molecule has 0 aromatic carbocycles. The molecule has 0 aromatic rings. The molecule has 0 rings (SSSR count). The van der Waals surface area contributed by atoms with Gasteiger partial charge in [-0.15, -0.1) is 0 Å². The van der Waals surface area contributed by atoms with Crippen molar-refractivity contribution in [3.63, 3.8) is 0 Å². The fourth-order valence-electron chi connectivity index (χ4n) is 5.17. The Morgan fingerprint density at radius 3 is 1.27 bits per heavy atom. The molecule has 0 aliphatic carbocycles. The highest BCUT2D eigenvalue weighted by molar-refractivity contribution is 4.75. The molecule has 0 heteroatoms. The molecule has 0 aliphatic rings. The van der Waals surface area contributed by atoms with Gasteiger partial charge in [0, 0.05) is 0 Å². The van der Waals surface area contributed by atoms with E-state index in [1.165, 1.54) is 161 Å². The van der Waals surface area contributed by atoms with Crippen LogP contribution in [0.4, 0.5) is 0 Å². The van der Waals surface area contributed by atoms with E-state index in [0.717, 1.165) is 5.92 Å². The number of hydrogen-bond donors (Lipinski definition) is 0. The molecule has 0 fully saturated rings. The van der Waals surface area contributed by atoms with Crippen LogP contribution in [0.1, 0.15) is 195 Å². The van der Waals surface area contributed by atoms with Gasteiger partial charge in [0.2, 0.25) is 0 Å². The number of unbranched alkanes of at least 4 members (excludes halogenated alkanes) is 22. The summed E-state index contributed by atoms with van der Waals surface area (Å²) in [5, 5.41) is 0. The predicted molar refractivity (Wildman–Crippen MR) is 154 cm³/mol. The van der Waals surface area contributed by atoms with E-state index in [4.69, 9.17) is 0 Å². The molecule has 1 unspecified atom stereocenters. The standard InChI is InChI=1S/C33H67/c1-6-8-10-11-12-13-14-15-16-17-18-19-20-21-22-23-24-25-26-27-28-29-31-33(4,5)32(3)30-9-7-2/h19,32H,6-18,20-31H2,1-5H3. The second kappa shape index (κ2) is 25.1. The van der Waals surface area contributed by atoms with Crippen molar-refractivity contribution in [1.29, 1.82) is 0 Å². The first-order valence-electron chi connectivity index (χ1n) is 15.9. The summed E-state index contributed by atoms with van der Waals surface area (Å²) in [5.41, 5.74) is 0.541. The van der Waals surface area contributed by atoms with Crippen LogP contribution in [0.15, 0.2) is 0 Å². The van der Waals surface area contributed by atoms with Gasteiger partial charge >= 0.3 is 0 Å². The van der Waals surface area contributed by atoms with Gasteiger partial charge < -0.3 is 0 Å². The third kappa shape index (κ3) is 23.5. The summed E-state index contributed by atoms with van der Waals surface area (Å²) in [5.74, 6) is 0.879. The van der Waals surface area contributed by atoms with Gasteiger partial charge in [-0.3, -0.25) is 0 Å². The SMILES string of the molecule is CCCCCCCCCCCC[CH]CCCCCCCCCCCC(C)(C)C(C)CCCC. The molecule has 0 saturated heterocycles. The van der Waals surface area contributed by atoms with Crippen molar-refractivity contribution >= 4 is 0 Å². The Morgan fingerprint density at radius 1 is 0.485 bits per heavy atom. The van der Waals surface area contributed by atoms with Crippen molar-refractivity contribution < 1.29 is 0 Å². The average molecular weight is 464 g/mol. The van der Waals surface area contributed by atoms with Crippen LogP contribution in [0.5, 0.6) is 0 Å². The fourth-order valence-corrected chi connectivity index (χ4v) is 5.17. The number of rotatable bonds is 27. The lowest BCUT2D eigenvalue weighted by molar-refractivity contribution is 0.190. The van der Waals surface area contributed by atoms with Gasteiger partial charge in [-0.1, -0.05) is 189 Å². The first-order valence-corrected chi connectivity index (χ1v) is 15.9. The van der Waals surface area contributed by atoms with E-state index in [1.54, 1.807) is 0 Å². The summed E-state index contributed by atoms with van der Waals surface area (Å²) in [6.07, 6.45) is 38.6. The highest BCUT2D eigenvalue weighted by Gasteiger charge is 2.24. The van der Waals surface area contributed by atoms with Gasteiger partial charge in [0.25, 0.3) is 0 Å². The van der Waals surface area contributed by atoms with Crippen molar-refractivity contribution in [2.75, 3.05) is 0 Å². The summed E-state index contributed by atoms with van der Waals surface area (Å²) >= 11 is 0. The highest BCUT2D eigenvalue weighted by atomic mass is 14.3. The van der Waals surface area contributed by atoms with E-state index in [-0.39, 0.29) is 0 Å². The van der Waals surface area contributed by atoms with Crippen LogP contribution in [0.3, 0.4) is 0 Å². The van der Waals surface area contributed by atoms with Crippen molar-refractivity contribution in [2.24, 2.45) is 11.3 Å². The molecular weight excluding hydrogens is 396 g/mol. The minimum Gasteiger partial charge on any atom is -0.0654 e. The van der Waals surface area contributed by atoms with Crippen LogP contribution in [-0.2, 0) is 0 Å². The van der Waals surface area contributed by atoms with Crippen LogP contribution in [0.25, 0.3) is 0 Å². The lowest BCUT2D eigenvalue weighted by Gasteiger charge is -2.32. The first kappa shape index (κ1) is 33.0. The van der Waals surface area contributed by atoms with Crippen molar-refractivity contribution in [3.05, 3.63) is 6.42 Å². The Labute approximate surface area is 212 Å². The van der Waals surface area contributed by atoms with Crippen LogP contribution in [-0.4, -0.2) is 0 Å². The molecule has 0 spiro atoms. The van der Waals surface area contributed by atoms with Gasteiger partial charge in [0.15, 0.2) is 0 Å². The molecule has 0 bridgehead atoms. The second-order valence-corrected chi connectivity index (χ2v) is 12.0. The van der Waals surface area contributed by atoms with Gasteiger partial charge in [-0.25, -0.2) is 0 Å². The van der Waals surface area contributed by atoms with Gasteiger partial charge in [-0.2, -0.15) is 0 Å². The molecule has 33 heavy (non-hydrogen) atoms. The van der Waals surface area contributed by atoms with Crippen LogP contribution >= 0.6 is 0 Å². The molecule has 0 heterocycles. The summed E-state index contributed by atoms with van der Waals surface area (Å²) in [7, 11) is 0. The highest BCUT2D eigenvalue weighted by Crippen LogP contribution is 2.35. The van der Waals surface area contributed by atoms with Gasteiger partial charge in [-0.05, 0) is 24.2 Å². The molecule has 0 nitrogen and oxygen atoms in total. The molecule has 0 amide bonds. The molecular formula is C33H67. The molecule has 1 atom stereocenters. The molecule has 0 saturated carbocycles. The minimum atomic E-state index is 0.541. The molecule has 0 aromatic heterocycles. The van der Waals surface area contributed by atoms with E-state index in [1.807, 2.05) is 0 Å². The van der Waals surface area contributed by atoms with E-state index in [0.29, 0.717) is 5.41 Å². The third-order valence-corrected chi connectivity index (χ3v) is 8.32. The first-order chi connectivity index (χ1) is 16.0. The maximum atomic E-state index is 2.58. The average Bonchev–Trinajstić information content (AvgIpc) is 2.80. The van der Waals surface area contributed by atoms with E-state index in [2.05, 4.69) is 41.0 Å².